The van der Waals surface area contributed by atoms with Crippen LogP contribution in [0.2, 0.25) is 0 Å². The highest BCUT2D eigenvalue weighted by molar-refractivity contribution is 6.07. The molecule has 4 rings (SSSR count). The maximum absolute atomic E-state index is 13.0. The molecule has 1 aliphatic rings. The lowest BCUT2D eigenvalue weighted by Crippen LogP contribution is -2.31. The number of benzene rings is 2. The molecule has 0 aliphatic carbocycles. The summed E-state index contributed by atoms with van der Waals surface area (Å²) in [6.45, 7) is 2.24. The summed E-state index contributed by atoms with van der Waals surface area (Å²) in [7, 11) is 0. The van der Waals surface area contributed by atoms with Crippen LogP contribution < -0.4 is 10.2 Å². The van der Waals surface area contributed by atoms with Gasteiger partial charge in [-0.2, -0.15) is 0 Å². The molecule has 0 unspecified atom stereocenters. The molecule has 2 heterocycles. The van der Waals surface area contributed by atoms with E-state index in [2.05, 4.69) is 20.4 Å². The first kappa shape index (κ1) is 17.4. The average molecular weight is 364 g/mol. The number of aromatic nitrogens is 2. The lowest BCUT2D eigenvalue weighted by atomic mass is 10.1. The van der Waals surface area contributed by atoms with Crippen molar-refractivity contribution in [3.63, 3.8) is 0 Å². The van der Waals surface area contributed by atoms with E-state index in [0.717, 1.165) is 48.1 Å². The lowest BCUT2D eigenvalue weighted by Gasteiger charge is -2.28. The molecule has 0 saturated carbocycles. The molecule has 1 amide bonds. The number of fused-ring (bicyclic) bond motifs is 1. The Bertz CT molecular complexity index is 952. The molecular formula is C21H21FN4O. The third-order valence-corrected chi connectivity index (χ3v) is 4.90. The van der Waals surface area contributed by atoms with Crippen LogP contribution in [0.15, 0.2) is 48.5 Å². The van der Waals surface area contributed by atoms with Gasteiger partial charge in [0.1, 0.15) is 5.82 Å². The molecule has 2 aromatic carbocycles. The van der Waals surface area contributed by atoms with Gasteiger partial charge in [0.25, 0.3) is 5.91 Å². The Kier molecular flexibility index (Phi) is 4.96. The molecular weight excluding hydrogens is 343 g/mol. The number of hydrogen-bond acceptors (Lipinski definition) is 4. The van der Waals surface area contributed by atoms with Crippen LogP contribution in [0.25, 0.3) is 10.8 Å². The number of carbonyl (C=O) groups excluding carboxylic acids is 1. The van der Waals surface area contributed by atoms with E-state index in [-0.39, 0.29) is 11.7 Å². The normalized spacial score (nSPS) is 14.3. The van der Waals surface area contributed by atoms with Gasteiger partial charge in [0.05, 0.1) is 0 Å². The number of hydrogen-bond donors (Lipinski definition) is 1. The van der Waals surface area contributed by atoms with Crippen LogP contribution in [0.1, 0.15) is 35.3 Å². The first-order valence-electron chi connectivity index (χ1n) is 9.25. The van der Waals surface area contributed by atoms with Gasteiger partial charge in [0.2, 0.25) is 0 Å². The number of piperidine rings is 1. The summed E-state index contributed by atoms with van der Waals surface area (Å²) in [4.78, 5) is 14.9. The van der Waals surface area contributed by atoms with Gasteiger partial charge in [-0.05, 0) is 37.0 Å². The summed E-state index contributed by atoms with van der Waals surface area (Å²) >= 11 is 0. The standard InChI is InChI=1S/C21H21FN4O/c22-16-10-8-15(9-11-16)14-23-21(27)19-17-6-2-3-7-18(17)20(25-24-19)26-12-4-1-5-13-26/h2-3,6-11H,1,4-5,12-14H2,(H,23,27). The van der Waals surface area contributed by atoms with Gasteiger partial charge < -0.3 is 10.2 Å². The fourth-order valence-corrected chi connectivity index (χ4v) is 3.47. The Balaban J connectivity index is 1.60. The third kappa shape index (κ3) is 3.74. The van der Waals surface area contributed by atoms with Crippen molar-refractivity contribution >= 4 is 22.5 Å². The summed E-state index contributed by atoms with van der Waals surface area (Å²) < 4.78 is 13.0. The van der Waals surface area contributed by atoms with Crippen molar-refractivity contribution < 1.29 is 9.18 Å². The minimum absolute atomic E-state index is 0.284. The lowest BCUT2D eigenvalue weighted by molar-refractivity contribution is 0.0947. The Morgan fingerprint density at radius 3 is 2.41 bits per heavy atom. The second kappa shape index (κ2) is 7.70. The van der Waals surface area contributed by atoms with Crippen molar-refractivity contribution in [3.8, 4) is 0 Å². The van der Waals surface area contributed by atoms with E-state index >= 15 is 0 Å². The largest absolute Gasteiger partial charge is 0.355 e. The quantitative estimate of drug-likeness (QED) is 0.767. The molecule has 0 bridgehead atoms. The zero-order valence-corrected chi connectivity index (χ0v) is 15.0. The monoisotopic (exact) mass is 364 g/mol. The highest BCUT2D eigenvalue weighted by atomic mass is 19.1. The molecule has 1 N–H and O–H groups in total. The van der Waals surface area contributed by atoms with Crippen molar-refractivity contribution in [2.45, 2.75) is 25.8 Å². The SMILES string of the molecule is O=C(NCc1ccc(F)cc1)c1nnc(N2CCCCC2)c2ccccc12. The number of nitrogens with zero attached hydrogens (tertiary/aromatic N) is 3. The topological polar surface area (TPSA) is 58.1 Å². The molecule has 0 radical (unpaired) electrons. The summed E-state index contributed by atoms with van der Waals surface area (Å²) in [6.07, 6.45) is 3.54. The summed E-state index contributed by atoms with van der Waals surface area (Å²) in [6, 6.07) is 13.8. The van der Waals surface area contributed by atoms with E-state index in [1.54, 1.807) is 12.1 Å². The molecule has 1 saturated heterocycles. The van der Waals surface area contributed by atoms with Crippen LogP contribution in [0.4, 0.5) is 10.2 Å². The first-order valence-corrected chi connectivity index (χ1v) is 9.25. The molecule has 5 nitrogen and oxygen atoms in total. The third-order valence-electron chi connectivity index (χ3n) is 4.90. The summed E-state index contributed by atoms with van der Waals surface area (Å²) in [5.74, 6) is 0.267. The zero-order valence-electron chi connectivity index (χ0n) is 15.0. The van der Waals surface area contributed by atoms with E-state index in [4.69, 9.17) is 0 Å². The molecule has 3 aromatic rings. The predicted molar refractivity (Wildman–Crippen MR) is 103 cm³/mol. The Hall–Kier alpha value is -3.02. The van der Waals surface area contributed by atoms with Gasteiger partial charge >= 0.3 is 0 Å². The summed E-state index contributed by atoms with van der Waals surface area (Å²) in [5, 5.41) is 13.2. The molecule has 6 heteroatoms. The van der Waals surface area contributed by atoms with E-state index in [0.29, 0.717) is 12.2 Å². The van der Waals surface area contributed by atoms with E-state index in [1.807, 2.05) is 24.3 Å². The fraction of sp³-hybridized carbons (Fsp3) is 0.286. The second-order valence-corrected chi connectivity index (χ2v) is 6.77. The number of rotatable bonds is 4. The molecule has 138 valence electrons. The van der Waals surface area contributed by atoms with Crippen molar-refractivity contribution in [1.29, 1.82) is 0 Å². The Morgan fingerprint density at radius 2 is 1.67 bits per heavy atom. The maximum atomic E-state index is 13.0. The Morgan fingerprint density at radius 1 is 0.963 bits per heavy atom. The Labute approximate surface area is 157 Å². The maximum Gasteiger partial charge on any atom is 0.272 e. The van der Waals surface area contributed by atoms with E-state index < -0.39 is 0 Å². The van der Waals surface area contributed by atoms with Gasteiger partial charge in [0, 0.05) is 30.4 Å². The van der Waals surface area contributed by atoms with Gasteiger partial charge in [-0.3, -0.25) is 4.79 Å². The van der Waals surface area contributed by atoms with Gasteiger partial charge in [0.15, 0.2) is 11.5 Å². The summed E-state index contributed by atoms with van der Waals surface area (Å²) in [5.41, 5.74) is 1.14. The molecule has 27 heavy (non-hydrogen) atoms. The molecule has 1 aliphatic heterocycles. The smallest absolute Gasteiger partial charge is 0.272 e. The molecule has 1 aromatic heterocycles. The van der Waals surface area contributed by atoms with Crippen molar-refractivity contribution in [2.24, 2.45) is 0 Å². The highest BCUT2D eigenvalue weighted by Crippen LogP contribution is 2.27. The van der Waals surface area contributed by atoms with Gasteiger partial charge in [-0.25, -0.2) is 4.39 Å². The van der Waals surface area contributed by atoms with Crippen LogP contribution in [0.3, 0.4) is 0 Å². The second-order valence-electron chi connectivity index (χ2n) is 6.77. The number of anilines is 1. The average Bonchev–Trinajstić information content (AvgIpc) is 2.73. The first-order chi connectivity index (χ1) is 13.2. The number of nitrogens with one attached hydrogen (secondary N) is 1. The van der Waals surface area contributed by atoms with Crippen LogP contribution in [-0.4, -0.2) is 29.2 Å². The molecule has 0 spiro atoms. The van der Waals surface area contributed by atoms with E-state index in [9.17, 15) is 9.18 Å². The zero-order chi connectivity index (χ0) is 18.6. The minimum Gasteiger partial charge on any atom is -0.355 e. The minimum atomic E-state index is -0.296. The van der Waals surface area contributed by atoms with Crippen LogP contribution >= 0.6 is 0 Å². The van der Waals surface area contributed by atoms with Crippen molar-refractivity contribution in [3.05, 3.63) is 65.6 Å². The predicted octanol–water partition coefficient (Wildman–Crippen LogP) is 3.69. The number of amides is 1. The van der Waals surface area contributed by atoms with Crippen LogP contribution in [0.5, 0.6) is 0 Å². The number of carbonyl (C=O) groups is 1. The molecule has 1 fully saturated rings. The van der Waals surface area contributed by atoms with Crippen molar-refractivity contribution in [1.82, 2.24) is 15.5 Å². The van der Waals surface area contributed by atoms with Crippen LogP contribution in [0, 0.1) is 5.82 Å². The fourth-order valence-electron chi connectivity index (χ4n) is 3.47. The number of halogens is 1. The van der Waals surface area contributed by atoms with Crippen molar-refractivity contribution in [2.75, 3.05) is 18.0 Å². The van der Waals surface area contributed by atoms with Gasteiger partial charge in [-0.1, -0.05) is 36.4 Å². The molecule has 0 atom stereocenters. The van der Waals surface area contributed by atoms with E-state index in [1.165, 1.54) is 18.6 Å². The van der Waals surface area contributed by atoms with Gasteiger partial charge in [-0.15, -0.1) is 10.2 Å². The van der Waals surface area contributed by atoms with Crippen LogP contribution in [-0.2, 0) is 6.54 Å². The highest BCUT2D eigenvalue weighted by Gasteiger charge is 2.20.